The highest BCUT2D eigenvalue weighted by atomic mass is 35.5. The molecule has 0 spiro atoms. The minimum Gasteiger partial charge on any atom is -0.394 e. The van der Waals surface area contributed by atoms with Crippen molar-refractivity contribution in [2.24, 2.45) is 11.3 Å². The Hall–Kier alpha value is -0.730. The van der Waals surface area contributed by atoms with Gasteiger partial charge in [-0.25, -0.2) is 0 Å². The van der Waals surface area contributed by atoms with Gasteiger partial charge in [-0.05, 0) is 49.1 Å². The molecule has 0 heterocycles. The molecule has 3 heteroatoms. The molecule has 2 N–H and O–H groups in total. The molecular formula is C17H26ClNO. The van der Waals surface area contributed by atoms with Gasteiger partial charge >= 0.3 is 0 Å². The summed E-state index contributed by atoms with van der Waals surface area (Å²) in [6, 6.07) is 7.76. The summed E-state index contributed by atoms with van der Waals surface area (Å²) in [7, 11) is 0. The van der Waals surface area contributed by atoms with Crippen LogP contribution in [0.2, 0.25) is 5.02 Å². The van der Waals surface area contributed by atoms with E-state index in [9.17, 15) is 5.11 Å². The van der Waals surface area contributed by atoms with Crippen molar-refractivity contribution < 1.29 is 5.11 Å². The van der Waals surface area contributed by atoms with Crippen LogP contribution in [0.3, 0.4) is 0 Å². The summed E-state index contributed by atoms with van der Waals surface area (Å²) in [4.78, 5) is 0. The van der Waals surface area contributed by atoms with E-state index in [2.05, 4.69) is 26.1 Å². The van der Waals surface area contributed by atoms with Gasteiger partial charge in [0.2, 0.25) is 0 Å². The number of hydrogen-bond acceptors (Lipinski definition) is 2. The van der Waals surface area contributed by atoms with Crippen LogP contribution in [0.1, 0.15) is 46.5 Å². The molecule has 0 radical (unpaired) electrons. The van der Waals surface area contributed by atoms with E-state index in [1.807, 2.05) is 24.3 Å². The molecule has 1 aliphatic rings. The molecule has 20 heavy (non-hydrogen) atoms. The molecule has 112 valence electrons. The van der Waals surface area contributed by atoms with E-state index in [4.69, 9.17) is 11.6 Å². The zero-order valence-corrected chi connectivity index (χ0v) is 13.5. The van der Waals surface area contributed by atoms with Gasteiger partial charge in [0.1, 0.15) is 0 Å². The molecule has 0 atom stereocenters. The van der Waals surface area contributed by atoms with E-state index in [1.165, 1.54) is 0 Å². The largest absolute Gasteiger partial charge is 0.394 e. The molecule has 2 rings (SSSR count). The Balaban J connectivity index is 2.08. The first-order valence-corrected chi connectivity index (χ1v) is 7.88. The summed E-state index contributed by atoms with van der Waals surface area (Å²) in [6.45, 7) is 7.09. The monoisotopic (exact) mass is 295 g/mol. The number of anilines is 1. The molecule has 2 nitrogen and oxygen atoms in total. The van der Waals surface area contributed by atoms with Gasteiger partial charge in [-0.1, -0.05) is 44.5 Å². The van der Waals surface area contributed by atoms with Crippen LogP contribution in [0.25, 0.3) is 0 Å². The molecule has 0 aliphatic heterocycles. The van der Waals surface area contributed by atoms with Gasteiger partial charge in [0, 0.05) is 0 Å². The smallest absolute Gasteiger partial charge is 0.0661 e. The van der Waals surface area contributed by atoms with Crippen molar-refractivity contribution in [3.8, 4) is 0 Å². The van der Waals surface area contributed by atoms with Crippen LogP contribution < -0.4 is 5.32 Å². The van der Waals surface area contributed by atoms with Crippen LogP contribution in [-0.2, 0) is 0 Å². The van der Waals surface area contributed by atoms with Crippen LogP contribution in [0.5, 0.6) is 0 Å². The van der Waals surface area contributed by atoms with Crippen LogP contribution >= 0.6 is 11.6 Å². The summed E-state index contributed by atoms with van der Waals surface area (Å²) < 4.78 is 0. The van der Waals surface area contributed by atoms with Crippen LogP contribution in [0.15, 0.2) is 24.3 Å². The highest BCUT2D eigenvalue weighted by Gasteiger charge is 2.38. The predicted molar refractivity (Wildman–Crippen MR) is 86.3 cm³/mol. The first kappa shape index (κ1) is 15.7. The summed E-state index contributed by atoms with van der Waals surface area (Å²) in [5.74, 6) is 0.732. The van der Waals surface area contributed by atoms with Crippen LogP contribution in [-0.4, -0.2) is 17.3 Å². The number of halogens is 1. The van der Waals surface area contributed by atoms with Gasteiger partial charge in [0.15, 0.2) is 0 Å². The lowest BCUT2D eigenvalue weighted by Crippen LogP contribution is -2.46. The number of benzene rings is 1. The Morgan fingerprint density at radius 2 is 1.85 bits per heavy atom. The first-order valence-electron chi connectivity index (χ1n) is 7.50. The van der Waals surface area contributed by atoms with E-state index in [0.29, 0.717) is 5.41 Å². The predicted octanol–water partition coefficient (Wildman–Crippen LogP) is 4.72. The van der Waals surface area contributed by atoms with Crippen molar-refractivity contribution in [1.82, 2.24) is 0 Å². The average molecular weight is 296 g/mol. The second-order valence-corrected chi connectivity index (χ2v) is 7.59. The third-order valence-electron chi connectivity index (χ3n) is 4.74. The lowest BCUT2D eigenvalue weighted by Gasteiger charge is -2.44. The molecule has 0 amide bonds. The van der Waals surface area contributed by atoms with Gasteiger partial charge in [-0.15, -0.1) is 0 Å². The maximum atomic E-state index is 9.88. The maximum absolute atomic E-state index is 9.88. The third kappa shape index (κ3) is 3.48. The summed E-state index contributed by atoms with van der Waals surface area (Å²) >= 11 is 6.22. The zero-order chi connectivity index (χ0) is 14.8. The summed E-state index contributed by atoms with van der Waals surface area (Å²) in [5, 5.41) is 14.1. The Labute approximate surface area is 127 Å². The molecule has 1 fully saturated rings. The number of aliphatic hydroxyl groups is 1. The normalized spacial score (nSPS) is 27.4. The summed E-state index contributed by atoms with van der Waals surface area (Å²) in [6.07, 6.45) is 4.30. The van der Waals surface area contributed by atoms with Crippen LogP contribution in [0, 0.1) is 11.3 Å². The zero-order valence-electron chi connectivity index (χ0n) is 12.7. The fourth-order valence-corrected chi connectivity index (χ4v) is 3.39. The van der Waals surface area contributed by atoms with E-state index >= 15 is 0 Å². The highest BCUT2D eigenvalue weighted by molar-refractivity contribution is 6.33. The molecule has 0 bridgehead atoms. The number of nitrogens with one attached hydrogen (secondary N) is 1. The van der Waals surface area contributed by atoms with Gasteiger partial charge in [0.05, 0.1) is 22.9 Å². The quantitative estimate of drug-likeness (QED) is 0.846. The number of para-hydroxylation sites is 1. The minimum atomic E-state index is -0.216. The molecule has 0 aromatic heterocycles. The van der Waals surface area contributed by atoms with E-state index in [-0.39, 0.29) is 12.1 Å². The standard InChI is InChI=1S/C17H26ClNO/c1-16(2,3)13-8-10-17(12-20,11-9-13)19-15-7-5-4-6-14(15)18/h4-7,13,19-20H,8-12H2,1-3H3. The number of aliphatic hydroxyl groups excluding tert-OH is 1. The Kier molecular flexibility index (Phi) is 4.66. The van der Waals surface area contributed by atoms with Gasteiger partial charge in [-0.2, -0.15) is 0 Å². The second-order valence-electron chi connectivity index (χ2n) is 7.18. The fourth-order valence-electron chi connectivity index (χ4n) is 3.21. The van der Waals surface area contributed by atoms with E-state index in [0.717, 1.165) is 42.3 Å². The van der Waals surface area contributed by atoms with Crippen LogP contribution in [0.4, 0.5) is 5.69 Å². The first-order chi connectivity index (χ1) is 9.36. The Morgan fingerprint density at radius 1 is 1.25 bits per heavy atom. The average Bonchev–Trinajstić information content (AvgIpc) is 2.41. The Morgan fingerprint density at radius 3 is 2.35 bits per heavy atom. The summed E-state index contributed by atoms with van der Waals surface area (Å²) in [5.41, 5.74) is 1.07. The molecule has 0 saturated heterocycles. The van der Waals surface area contributed by atoms with Crippen molar-refractivity contribution in [2.45, 2.75) is 52.0 Å². The molecule has 1 aromatic carbocycles. The van der Waals surface area contributed by atoms with E-state index in [1.54, 1.807) is 0 Å². The molecule has 1 saturated carbocycles. The number of hydrogen-bond donors (Lipinski definition) is 2. The highest BCUT2D eigenvalue weighted by Crippen LogP contribution is 2.43. The topological polar surface area (TPSA) is 32.3 Å². The van der Waals surface area contributed by atoms with Crippen molar-refractivity contribution in [2.75, 3.05) is 11.9 Å². The van der Waals surface area contributed by atoms with Gasteiger partial charge in [0.25, 0.3) is 0 Å². The maximum Gasteiger partial charge on any atom is 0.0661 e. The molecule has 1 aliphatic carbocycles. The van der Waals surface area contributed by atoms with E-state index < -0.39 is 0 Å². The van der Waals surface area contributed by atoms with Gasteiger partial charge < -0.3 is 10.4 Å². The van der Waals surface area contributed by atoms with Crippen molar-refractivity contribution in [1.29, 1.82) is 0 Å². The Bertz CT molecular complexity index is 445. The van der Waals surface area contributed by atoms with Crippen molar-refractivity contribution >= 4 is 17.3 Å². The van der Waals surface area contributed by atoms with Crippen molar-refractivity contribution in [3.63, 3.8) is 0 Å². The SMILES string of the molecule is CC(C)(C)C1CCC(CO)(Nc2ccccc2Cl)CC1. The van der Waals surface area contributed by atoms with Crippen molar-refractivity contribution in [3.05, 3.63) is 29.3 Å². The number of rotatable bonds is 3. The lowest BCUT2D eigenvalue weighted by molar-refractivity contribution is 0.104. The third-order valence-corrected chi connectivity index (χ3v) is 5.07. The molecule has 1 aromatic rings. The van der Waals surface area contributed by atoms with Gasteiger partial charge in [-0.3, -0.25) is 0 Å². The minimum absolute atomic E-state index is 0.162. The molecule has 0 unspecified atom stereocenters. The second kappa shape index (κ2) is 5.95. The lowest BCUT2D eigenvalue weighted by atomic mass is 9.67. The fraction of sp³-hybridized carbons (Fsp3) is 0.647. The molecular weight excluding hydrogens is 270 g/mol.